The molecule has 5 heteroatoms. The number of halogens is 3. The van der Waals surface area contributed by atoms with Crippen molar-refractivity contribution < 1.29 is 13.2 Å². The number of benzene rings is 1. The van der Waals surface area contributed by atoms with E-state index in [4.69, 9.17) is 5.73 Å². The maximum Gasteiger partial charge on any atom is 0.416 e. The van der Waals surface area contributed by atoms with Crippen LogP contribution in [0.25, 0.3) is 0 Å². The first-order chi connectivity index (χ1) is 8.29. The first kappa shape index (κ1) is 13.2. The van der Waals surface area contributed by atoms with Gasteiger partial charge < -0.3 is 10.6 Å². The van der Waals surface area contributed by atoms with Crippen molar-refractivity contribution in [2.75, 3.05) is 18.5 Å². The van der Waals surface area contributed by atoms with Crippen LogP contribution in [-0.2, 0) is 6.18 Å². The predicted octanol–water partition coefficient (Wildman–Crippen LogP) is 2.98. The topological polar surface area (TPSA) is 29.3 Å². The van der Waals surface area contributed by atoms with E-state index >= 15 is 0 Å². The summed E-state index contributed by atoms with van der Waals surface area (Å²) in [6, 6.07) is 3.96. The second-order valence-electron chi connectivity index (χ2n) is 5.06. The summed E-state index contributed by atoms with van der Waals surface area (Å²) in [5.41, 5.74) is 6.83. The summed E-state index contributed by atoms with van der Waals surface area (Å²) in [6.07, 6.45) is -3.58. The Morgan fingerprint density at radius 1 is 1.44 bits per heavy atom. The number of rotatable bonds is 2. The molecule has 0 aliphatic carbocycles. The molecule has 1 heterocycles. The molecule has 0 amide bonds. The van der Waals surface area contributed by atoms with Crippen molar-refractivity contribution >= 4 is 5.69 Å². The summed E-state index contributed by atoms with van der Waals surface area (Å²) in [7, 11) is 1.90. The summed E-state index contributed by atoms with van der Waals surface area (Å²) in [5, 5.41) is 0. The van der Waals surface area contributed by atoms with E-state index in [2.05, 4.69) is 0 Å². The maximum absolute atomic E-state index is 12.7. The van der Waals surface area contributed by atoms with E-state index in [-0.39, 0.29) is 12.0 Å². The molecule has 0 bridgehead atoms. The molecule has 2 rings (SSSR count). The van der Waals surface area contributed by atoms with Crippen LogP contribution in [-0.4, -0.2) is 19.6 Å². The zero-order chi connectivity index (χ0) is 13.5. The van der Waals surface area contributed by atoms with Gasteiger partial charge in [-0.1, -0.05) is 0 Å². The lowest BCUT2D eigenvalue weighted by Crippen LogP contribution is -2.22. The number of alkyl halides is 3. The van der Waals surface area contributed by atoms with Crippen molar-refractivity contribution in [2.24, 2.45) is 5.73 Å². The summed E-state index contributed by atoms with van der Waals surface area (Å²) in [5.74, 6) is 0.0901. The van der Waals surface area contributed by atoms with Gasteiger partial charge in [-0.2, -0.15) is 13.2 Å². The van der Waals surface area contributed by atoms with Crippen LogP contribution in [0.1, 0.15) is 30.4 Å². The molecule has 0 fully saturated rings. The minimum absolute atomic E-state index is 0.0103. The van der Waals surface area contributed by atoms with Crippen LogP contribution in [0, 0.1) is 0 Å². The highest BCUT2D eigenvalue weighted by atomic mass is 19.4. The molecule has 0 saturated carbocycles. The Balaban J connectivity index is 2.37. The predicted molar refractivity (Wildman–Crippen MR) is 65.7 cm³/mol. The molecular weight excluding hydrogens is 241 g/mol. The number of hydrogen-bond acceptors (Lipinski definition) is 2. The highest BCUT2D eigenvalue weighted by Crippen LogP contribution is 2.41. The Hall–Kier alpha value is -1.23. The minimum atomic E-state index is -4.28. The minimum Gasteiger partial charge on any atom is -0.374 e. The molecule has 1 aliphatic heterocycles. The fourth-order valence-corrected chi connectivity index (χ4v) is 2.58. The molecule has 2 N–H and O–H groups in total. The van der Waals surface area contributed by atoms with Crippen LogP contribution in [0.4, 0.5) is 18.9 Å². The van der Waals surface area contributed by atoms with E-state index in [9.17, 15) is 13.2 Å². The number of fused-ring (bicyclic) bond motifs is 1. The van der Waals surface area contributed by atoms with Crippen molar-refractivity contribution in [3.05, 3.63) is 29.3 Å². The largest absolute Gasteiger partial charge is 0.416 e. The molecule has 100 valence electrons. The molecular formula is C13H17F3N2. The van der Waals surface area contributed by atoms with E-state index in [0.29, 0.717) is 6.42 Å². The van der Waals surface area contributed by atoms with Gasteiger partial charge in [0.1, 0.15) is 0 Å². The van der Waals surface area contributed by atoms with E-state index < -0.39 is 11.7 Å². The van der Waals surface area contributed by atoms with Crippen LogP contribution in [0.5, 0.6) is 0 Å². The summed E-state index contributed by atoms with van der Waals surface area (Å²) in [4.78, 5) is 1.99. The fraction of sp³-hybridized carbons (Fsp3) is 0.538. The summed E-state index contributed by atoms with van der Waals surface area (Å²) in [6.45, 7) is 2.61. The van der Waals surface area contributed by atoms with Crippen molar-refractivity contribution in [1.82, 2.24) is 0 Å². The quantitative estimate of drug-likeness (QED) is 0.883. The van der Waals surface area contributed by atoms with Crippen molar-refractivity contribution in [1.29, 1.82) is 0 Å². The van der Waals surface area contributed by atoms with Crippen molar-refractivity contribution in [3.8, 4) is 0 Å². The van der Waals surface area contributed by atoms with Crippen LogP contribution < -0.4 is 10.6 Å². The lowest BCUT2D eigenvalue weighted by molar-refractivity contribution is -0.137. The standard InChI is InChI=1S/C13H17F3N2/c1-8(17)5-9-7-18(2)12-4-3-10(6-11(9)12)13(14,15)16/h3-4,6,8-9H,5,7,17H2,1-2H3. The zero-order valence-electron chi connectivity index (χ0n) is 10.5. The fourth-order valence-electron chi connectivity index (χ4n) is 2.58. The summed E-state index contributed by atoms with van der Waals surface area (Å²) >= 11 is 0. The van der Waals surface area contributed by atoms with Crippen LogP contribution >= 0.6 is 0 Å². The van der Waals surface area contributed by atoms with Crippen molar-refractivity contribution in [2.45, 2.75) is 31.5 Å². The molecule has 0 radical (unpaired) electrons. The number of nitrogens with zero attached hydrogens (tertiary/aromatic N) is 1. The second kappa shape index (κ2) is 4.46. The number of anilines is 1. The highest BCUT2D eigenvalue weighted by Gasteiger charge is 2.34. The SMILES string of the molecule is CC(N)CC1CN(C)c2ccc(C(F)(F)F)cc21. The van der Waals surface area contributed by atoms with Gasteiger partial charge in [-0.25, -0.2) is 0 Å². The normalized spacial score (nSPS) is 21.0. The average molecular weight is 258 g/mol. The Bertz CT molecular complexity index is 438. The second-order valence-corrected chi connectivity index (χ2v) is 5.06. The Morgan fingerprint density at radius 2 is 2.11 bits per heavy atom. The molecule has 1 aromatic carbocycles. The molecule has 2 atom stereocenters. The van der Waals surface area contributed by atoms with Gasteiger partial charge >= 0.3 is 6.18 Å². The molecule has 2 unspecified atom stereocenters. The van der Waals surface area contributed by atoms with E-state index in [0.717, 1.165) is 23.9 Å². The average Bonchev–Trinajstić information content (AvgIpc) is 2.53. The van der Waals surface area contributed by atoms with Gasteiger partial charge in [0, 0.05) is 31.2 Å². The van der Waals surface area contributed by atoms with E-state index in [1.165, 1.54) is 6.07 Å². The lowest BCUT2D eigenvalue weighted by atomic mass is 9.93. The van der Waals surface area contributed by atoms with Gasteiger partial charge in [0.25, 0.3) is 0 Å². The van der Waals surface area contributed by atoms with Gasteiger partial charge in [0.15, 0.2) is 0 Å². The lowest BCUT2D eigenvalue weighted by Gasteiger charge is -2.14. The molecule has 0 spiro atoms. The van der Waals surface area contributed by atoms with Gasteiger partial charge in [-0.15, -0.1) is 0 Å². The molecule has 1 aliphatic rings. The van der Waals surface area contributed by atoms with Gasteiger partial charge in [0.2, 0.25) is 0 Å². The van der Waals surface area contributed by atoms with E-state index in [1.807, 2.05) is 18.9 Å². The van der Waals surface area contributed by atoms with Crippen LogP contribution in [0.2, 0.25) is 0 Å². The number of hydrogen-bond donors (Lipinski definition) is 1. The zero-order valence-corrected chi connectivity index (χ0v) is 10.5. The number of nitrogens with two attached hydrogens (primary N) is 1. The van der Waals surface area contributed by atoms with Gasteiger partial charge in [-0.05, 0) is 37.1 Å². The van der Waals surface area contributed by atoms with E-state index in [1.54, 1.807) is 6.07 Å². The first-order valence-corrected chi connectivity index (χ1v) is 5.97. The maximum atomic E-state index is 12.7. The van der Waals surface area contributed by atoms with Crippen molar-refractivity contribution in [3.63, 3.8) is 0 Å². The third-order valence-corrected chi connectivity index (χ3v) is 3.36. The third-order valence-electron chi connectivity index (χ3n) is 3.36. The molecule has 2 nitrogen and oxygen atoms in total. The van der Waals surface area contributed by atoms with Gasteiger partial charge in [0.05, 0.1) is 5.56 Å². The monoisotopic (exact) mass is 258 g/mol. The molecule has 0 aromatic heterocycles. The Morgan fingerprint density at radius 3 is 2.67 bits per heavy atom. The highest BCUT2D eigenvalue weighted by molar-refractivity contribution is 5.61. The molecule has 18 heavy (non-hydrogen) atoms. The number of likely N-dealkylation sites (N-methyl/N-ethyl adjacent to an activating group) is 1. The Kier molecular flexibility index (Phi) is 3.27. The molecule has 1 aromatic rings. The Labute approximate surface area is 105 Å². The summed E-state index contributed by atoms with van der Waals surface area (Å²) < 4.78 is 38.1. The van der Waals surface area contributed by atoms with Crippen LogP contribution in [0.3, 0.4) is 0 Å². The van der Waals surface area contributed by atoms with Crippen LogP contribution in [0.15, 0.2) is 18.2 Å². The molecule has 0 saturated heterocycles. The smallest absolute Gasteiger partial charge is 0.374 e. The third kappa shape index (κ3) is 2.46. The van der Waals surface area contributed by atoms with Gasteiger partial charge in [-0.3, -0.25) is 0 Å². The first-order valence-electron chi connectivity index (χ1n) is 5.97.